The summed E-state index contributed by atoms with van der Waals surface area (Å²) in [5, 5.41) is 14.7. The van der Waals surface area contributed by atoms with Crippen molar-refractivity contribution in [3.63, 3.8) is 0 Å². The van der Waals surface area contributed by atoms with Crippen LogP contribution in [0.4, 0.5) is 0 Å². The number of hydrogen-bond acceptors (Lipinski definition) is 3. The van der Waals surface area contributed by atoms with Crippen molar-refractivity contribution in [2.75, 3.05) is 0 Å². The lowest BCUT2D eigenvalue weighted by atomic mass is 10.3. The third-order valence-electron chi connectivity index (χ3n) is 2.75. The van der Waals surface area contributed by atoms with Crippen LogP contribution in [0.1, 0.15) is 24.0 Å². The van der Waals surface area contributed by atoms with E-state index in [1.165, 1.54) is 5.69 Å². The van der Waals surface area contributed by atoms with Gasteiger partial charge in [-0.05, 0) is 32.9 Å². The van der Waals surface area contributed by atoms with E-state index in [0.717, 1.165) is 24.5 Å². The van der Waals surface area contributed by atoms with Crippen LogP contribution in [0.3, 0.4) is 0 Å². The molecular formula is C12H19N5. The Balaban J connectivity index is 1.85. The summed E-state index contributed by atoms with van der Waals surface area (Å²) in [7, 11) is 0. The molecule has 0 aliphatic rings. The van der Waals surface area contributed by atoms with E-state index < -0.39 is 0 Å². The molecule has 0 bridgehead atoms. The molecule has 0 fully saturated rings. The maximum Gasteiger partial charge on any atom is 0.0596 e. The second kappa shape index (κ2) is 5.14. The fourth-order valence-corrected chi connectivity index (χ4v) is 1.85. The van der Waals surface area contributed by atoms with Crippen LogP contribution in [-0.4, -0.2) is 26.0 Å². The normalized spacial score (nSPS) is 12.9. The summed E-state index contributed by atoms with van der Waals surface area (Å²) in [6, 6.07) is 4.45. The number of nitrogens with zero attached hydrogens (tertiary/aromatic N) is 3. The number of hydrogen-bond donors (Lipinski definition) is 2. The third-order valence-corrected chi connectivity index (χ3v) is 2.75. The predicted molar refractivity (Wildman–Crippen MR) is 66.6 cm³/mol. The molecule has 2 aromatic heterocycles. The second-order valence-corrected chi connectivity index (χ2v) is 4.47. The van der Waals surface area contributed by atoms with Crippen molar-refractivity contribution in [1.82, 2.24) is 25.3 Å². The van der Waals surface area contributed by atoms with Gasteiger partial charge < -0.3 is 5.32 Å². The highest BCUT2D eigenvalue weighted by molar-refractivity contribution is 5.06. The summed E-state index contributed by atoms with van der Waals surface area (Å²) < 4.78 is 2.04. The molecule has 0 aliphatic heterocycles. The molecule has 0 spiro atoms. The van der Waals surface area contributed by atoms with E-state index in [-0.39, 0.29) is 0 Å². The predicted octanol–water partition coefficient (Wildman–Crippen LogP) is 1.40. The number of H-pyrrole nitrogens is 1. The summed E-state index contributed by atoms with van der Waals surface area (Å²) in [4.78, 5) is 0. The first-order chi connectivity index (χ1) is 8.15. The highest BCUT2D eigenvalue weighted by Gasteiger charge is 2.06. The van der Waals surface area contributed by atoms with Crippen molar-refractivity contribution in [1.29, 1.82) is 0 Å². The highest BCUT2D eigenvalue weighted by Crippen LogP contribution is 2.03. The Labute approximate surface area is 101 Å². The van der Waals surface area contributed by atoms with Crippen LogP contribution in [0.25, 0.3) is 0 Å². The molecule has 0 unspecified atom stereocenters. The summed E-state index contributed by atoms with van der Waals surface area (Å²) in [6.45, 7) is 7.95. The van der Waals surface area contributed by atoms with E-state index in [2.05, 4.69) is 40.5 Å². The largest absolute Gasteiger partial charge is 0.307 e. The summed E-state index contributed by atoms with van der Waals surface area (Å²) >= 11 is 0. The molecule has 2 heterocycles. The standard InChI is InChI=1S/C12H19N5/c1-9-6-11(3)17(16-9)8-10(2)13-7-12-4-5-14-15-12/h4-6,10,13H,7-8H2,1-3H3,(H,14,15)/t10-/m1/s1. The zero-order chi connectivity index (χ0) is 12.3. The Morgan fingerprint density at radius 3 is 2.88 bits per heavy atom. The minimum Gasteiger partial charge on any atom is -0.307 e. The van der Waals surface area contributed by atoms with Gasteiger partial charge in [0.15, 0.2) is 0 Å². The molecule has 1 atom stereocenters. The molecule has 0 saturated carbocycles. The molecule has 17 heavy (non-hydrogen) atoms. The van der Waals surface area contributed by atoms with Gasteiger partial charge in [-0.2, -0.15) is 10.2 Å². The summed E-state index contributed by atoms with van der Waals surface area (Å²) in [6.07, 6.45) is 1.77. The average molecular weight is 233 g/mol. The van der Waals surface area contributed by atoms with E-state index in [0.29, 0.717) is 6.04 Å². The van der Waals surface area contributed by atoms with Gasteiger partial charge in [-0.15, -0.1) is 0 Å². The van der Waals surface area contributed by atoms with E-state index in [1.807, 2.05) is 17.7 Å². The second-order valence-electron chi connectivity index (χ2n) is 4.47. The van der Waals surface area contributed by atoms with Crippen molar-refractivity contribution in [2.24, 2.45) is 0 Å². The molecule has 0 saturated heterocycles. The molecule has 0 aliphatic carbocycles. The van der Waals surface area contributed by atoms with Gasteiger partial charge in [0.05, 0.1) is 12.2 Å². The number of aryl methyl sites for hydroxylation is 2. The van der Waals surface area contributed by atoms with Crippen LogP contribution in [0, 0.1) is 13.8 Å². The van der Waals surface area contributed by atoms with Gasteiger partial charge in [-0.3, -0.25) is 9.78 Å². The van der Waals surface area contributed by atoms with Crippen LogP contribution >= 0.6 is 0 Å². The number of aromatic amines is 1. The third kappa shape index (κ3) is 3.17. The fourth-order valence-electron chi connectivity index (χ4n) is 1.85. The van der Waals surface area contributed by atoms with Crippen LogP contribution < -0.4 is 5.32 Å². The lowest BCUT2D eigenvalue weighted by Gasteiger charge is -2.14. The monoisotopic (exact) mass is 233 g/mol. The topological polar surface area (TPSA) is 58.5 Å². The number of rotatable bonds is 5. The molecule has 2 rings (SSSR count). The van der Waals surface area contributed by atoms with E-state index in [1.54, 1.807) is 6.20 Å². The average Bonchev–Trinajstić information content (AvgIpc) is 2.87. The molecule has 5 heteroatoms. The summed E-state index contributed by atoms with van der Waals surface area (Å²) in [5.74, 6) is 0. The lowest BCUT2D eigenvalue weighted by molar-refractivity contribution is 0.441. The van der Waals surface area contributed by atoms with Gasteiger partial charge in [0, 0.05) is 30.2 Å². The van der Waals surface area contributed by atoms with Crippen molar-refractivity contribution in [3.8, 4) is 0 Å². The highest BCUT2D eigenvalue weighted by atomic mass is 15.3. The van der Waals surface area contributed by atoms with Crippen LogP contribution in [0.5, 0.6) is 0 Å². The van der Waals surface area contributed by atoms with Gasteiger partial charge >= 0.3 is 0 Å². The minimum atomic E-state index is 0.372. The van der Waals surface area contributed by atoms with Crippen molar-refractivity contribution in [3.05, 3.63) is 35.4 Å². The molecule has 2 N–H and O–H groups in total. The van der Waals surface area contributed by atoms with Crippen molar-refractivity contribution >= 4 is 0 Å². The molecule has 5 nitrogen and oxygen atoms in total. The summed E-state index contributed by atoms with van der Waals surface area (Å²) in [5.41, 5.74) is 3.38. The van der Waals surface area contributed by atoms with Crippen LogP contribution in [0.15, 0.2) is 18.3 Å². The van der Waals surface area contributed by atoms with E-state index in [4.69, 9.17) is 0 Å². The Kier molecular flexibility index (Phi) is 3.58. The Bertz CT molecular complexity index is 457. The maximum absolute atomic E-state index is 4.45. The van der Waals surface area contributed by atoms with Crippen LogP contribution in [-0.2, 0) is 13.1 Å². The zero-order valence-electron chi connectivity index (χ0n) is 10.6. The van der Waals surface area contributed by atoms with Gasteiger partial charge in [0.2, 0.25) is 0 Å². The first kappa shape index (κ1) is 11.9. The van der Waals surface area contributed by atoms with Crippen molar-refractivity contribution < 1.29 is 0 Å². The minimum absolute atomic E-state index is 0.372. The van der Waals surface area contributed by atoms with Gasteiger partial charge in [0.1, 0.15) is 0 Å². The van der Waals surface area contributed by atoms with E-state index >= 15 is 0 Å². The fraction of sp³-hybridized carbons (Fsp3) is 0.500. The maximum atomic E-state index is 4.45. The van der Waals surface area contributed by atoms with Gasteiger partial charge in [-0.25, -0.2) is 0 Å². The number of nitrogens with one attached hydrogen (secondary N) is 2. The van der Waals surface area contributed by atoms with Gasteiger partial charge in [-0.1, -0.05) is 0 Å². The molecule has 0 aromatic carbocycles. The molecule has 92 valence electrons. The first-order valence-electron chi connectivity index (χ1n) is 5.88. The Morgan fingerprint density at radius 2 is 2.29 bits per heavy atom. The quantitative estimate of drug-likeness (QED) is 0.820. The SMILES string of the molecule is Cc1cc(C)n(C[C@@H](C)NCc2ccn[nH]2)n1. The molecule has 0 radical (unpaired) electrons. The van der Waals surface area contributed by atoms with Gasteiger partial charge in [0.25, 0.3) is 0 Å². The van der Waals surface area contributed by atoms with E-state index in [9.17, 15) is 0 Å². The molecular weight excluding hydrogens is 214 g/mol. The first-order valence-corrected chi connectivity index (χ1v) is 5.88. The Morgan fingerprint density at radius 1 is 1.47 bits per heavy atom. The lowest BCUT2D eigenvalue weighted by Crippen LogP contribution is -2.30. The molecule has 0 amide bonds. The Hall–Kier alpha value is -1.62. The number of aromatic nitrogens is 4. The molecule has 2 aromatic rings. The van der Waals surface area contributed by atoms with Crippen LogP contribution in [0.2, 0.25) is 0 Å². The van der Waals surface area contributed by atoms with Crippen molar-refractivity contribution in [2.45, 2.75) is 39.9 Å². The zero-order valence-corrected chi connectivity index (χ0v) is 10.6. The smallest absolute Gasteiger partial charge is 0.0596 e.